The minimum Gasteiger partial charge on any atom is -0.396 e. The number of ether oxygens (including phenoxy) is 1. The Morgan fingerprint density at radius 3 is 2.40 bits per heavy atom. The quantitative estimate of drug-likeness (QED) is 0.565. The molecule has 2 unspecified atom stereocenters. The molecule has 10 heavy (non-hydrogen) atoms. The molecule has 1 fully saturated rings. The zero-order chi connectivity index (χ0) is 7.56. The Morgan fingerprint density at radius 1 is 1.40 bits per heavy atom. The van der Waals surface area contributed by atoms with Gasteiger partial charge in [0.2, 0.25) is 0 Å². The Bertz CT molecular complexity index is 105. The van der Waals surface area contributed by atoms with Crippen molar-refractivity contribution in [1.82, 2.24) is 0 Å². The van der Waals surface area contributed by atoms with Gasteiger partial charge >= 0.3 is 0 Å². The van der Waals surface area contributed by atoms with E-state index in [0.717, 1.165) is 6.42 Å². The van der Waals surface area contributed by atoms with Gasteiger partial charge in [0.1, 0.15) is 0 Å². The van der Waals surface area contributed by atoms with Crippen molar-refractivity contribution in [3.63, 3.8) is 0 Å². The minimum absolute atomic E-state index is 0.0489. The van der Waals surface area contributed by atoms with Crippen LogP contribution in [0.5, 0.6) is 0 Å². The summed E-state index contributed by atoms with van der Waals surface area (Å²) < 4.78 is 5.30. The van der Waals surface area contributed by atoms with Gasteiger partial charge in [0.15, 0.2) is 0 Å². The molecule has 60 valence electrons. The summed E-state index contributed by atoms with van der Waals surface area (Å²) in [6, 6.07) is 0. The third-order valence-electron chi connectivity index (χ3n) is 2.07. The van der Waals surface area contributed by atoms with E-state index in [1.807, 2.05) is 6.92 Å². The summed E-state index contributed by atoms with van der Waals surface area (Å²) in [6.45, 7) is 2.16. The van der Waals surface area contributed by atoms with Gasteiger partial charge in [-0.2, -0.15) is 0 Å². The zero-order valence-electron chi connectivity index (χ0n) is 6.16. The first-order valence-electron chi connectivity index (χ1n) is 3.65. The molecule has 0 bridgehead atoms. The summed E-state index contributed by atoms with van der Waals surface area (Å²) in [5.41, 5.74) is 0. The summed E-state index contributed by atoms with van der Waals surface area (Å²) in [6.07, 6.45) is 0.836. The molecule has 2 N–H and O–H groups in total. The first kappa shape index (κ1) is 7.98. The number of aliphatic hydroxyl groups is 2. The van der Waals surface area contributed by atoms with E-state index in [0.29, 0.717) is 0 Å². The molecule has 3 atom stereocenters. The molecule has 0 saturated carbocycles. The van der Waals surface area contributed by atoms with Gasteiger partial charge in [0.05, 0.1) is 18.8 Å². The monoisotopic (exact) mass is 146 g/mol. The zero-order valence-corrected chi connectivity index (χ0v) is 6.16. The van der Waals surface area contributed by atoms with E-state index in [1.165, 1.54) is 0 Å². The molecule has 0 aromatic heterocycles. The van der Waals surface area contributed by atoms with Crippen molar-refractivity contribution in [2.24, 2.45) is 5.92 Å². The van der Waals surface area contributed by atoms with Crippen LogP contribution in [0.3, 0.4) is 0 Å². The highest BCUT2D eigenvalue weighted by atomic mass is 16.5. The lowest BCUT2D eigenvalue weighted by molar-refractivity contribution is 0.00999. The van der Waals surface area contributed by atoms with Crippen LogP contribution in [0.25, 0.3) is 0 Å². The van der Waals surface area contributed by atoms with Crippen molar-refractivity contribution in [2.45, 2.75) is 25.6 Å². The van der Waals surface area contributed by atoms with Crippen LogP contribution in [-0.2, 0) is 4.74 Å². The van der Waals surface area contributed by atoms with E-state index in [4.69, 9.17) is 14.9 Å². The molecule has 1 aliphatic heterocycles. The third kappa shape index (κ3) is 1.48. The van der Waals surface area contributed by atoms with E-state index in [2.05, 4.69) is 0 Å². The second-order valence-electron chi connectivity index (χ2n) is 2.82. The number of aliphatic hydroxyl groups excluding tert-OH is 2. The predicted octanol–water partition coefficient (Wildman–Crippen LogP) is -0.235. The summed E-state index contributed by atoms with van der Waals surface area (Å²) in [4.78, 5) is 0. The lowest BCUT2D eigenvalue weighted by Gasteiger charge is -2.08. The molecule has 1 saturated heterocycles. The van der Waals surface area contributed by atoms with E-state index >= 15 is 0 Å². The highest BCUT2D eigenvalue weighted by Gasteiger charge is 2.30. The highest BCUT2D eigenvalue weighted by Crippen LogP contribution is 2.25. The maximum absolute atomic E-state index is 8.79. The van der Waals surface area contributed by atoms with Gasteiger partial charge in [-0.1, -0.05) is 0 Å². The van der Waals surface area contributed by atoms with E-state index in [9.17, 15) is 0 Å². The summed E-state index contributed by atoms with van der Waals surface area (Å²) in [5.74, 6) is 0.220. The maximum Gasteiger partial charge on any atom is 0.0814 e. The van der Waals surface area contributed by atoms with Crippen LogP contribution in [0.4, 0.5) is 0 Å². The van der Waals surface area contributed by atoms with E-state index < -0.39 is 0 Å². The average molecular weight is 146 g/mol. The Kier molecular flexibility index (Phi) is 2.65. The summed E-state index contributed by atoms with van der Waals surface area (Å²) in [5, 5.41) is 17.5. The Balaban J connectivity index is 2.36. The fourth-order valence-corrected chi connectivity index (χ4v) is 1.34. The molecule has 0 aliphatic carbocycles. The average Bonchev–Trinajstić information content (AvgIpc) is 2.30. The predicted molar refractivity (Wildman–Crippen MR) is 36.6 cm³/mol. The van der Waals surface area contributed by atoms with Crippen molar-refractivity contribution in [1.29, 1.82) is 0 Å². The number of hydrogen-bond donors (Lipinski definition) is 2. The van der Waals surface area contributed by atoms with E-state index in [1.54, 1.807) is 0 Å². The summed E-state index contributed by atoms with van der Waals surface area (Å²) in [7, 11) is 0. The van der Waals surface area contributed by atoms with Crippen LogP contribution in [-0.4, -0.2) is 35.6 Å². The maximum atomic E-state index is 8.79. The van der Waals surface area contributed by atoms with Gasteiger partial charge in [0.25, 0.3) is 0 Å². The van der Waals surface area contributed by atoms with Crippen molar-refractivity contribution in [3.8, 4) is 0 Å². The first-order chi connectivity index (χ1) is 4.77. The van der Waals surface area contributed by atoms with Gasteiger partial charge in [-0.15, -0.1) is 0 Å². The van der Waals surface area contributed by atoms with Crippen LogP contribution < -0.4 is 0 Å². The lowest BCUT2D eigenvalue weighted by atomic mass is 10.0. The Morgan fingerprint density at radius 2 is 2.10 bits per heavy atom. The molecule has 0 aromatic rings. The van der Waals surface area contributed by atoms with Crippen LogP contribution in [0.15, 0.2) is 0 Å². The molecule has 0 radical (unpaired) electrons. The number of rotatable bonds is 2. The third-order valence-corrected chi connectivity index (χ3v) is 2.07. The fourth-order valence-electron chi connectivity index (χ4n) is 1.34. The van der Waals surface area contributed by atoms with Gasteiger partial charge < -0.3 is 14.9 Å². The molecule has 1 rings (SSSR count). The van der Waals surface area contributed by atoms with Crippen molar-refractivity contribution in [2.75, 3.05) is 13.2 Å². The largest absolute Gasteiger partial charge is 0.396 e. The van der Waals surface area contributed by atoms with Crippen molar-refractivity contribution in [3.05, 3.63) is 0 Å². The molecule has 1 heterocycles. The normalized spacial score (nSPS) is 40.5. The van der Waals surface area contributed by atoms with Crippen molar-refractivity contribution >= 4 is 0 Å². The van der Waals surface area contributed by atoms with Gasteiger partial charge in [-0.25, -0.2) is 0 Å². The summed E-state index contributed by atoms with van der Waals surface area (Å²) >= 11 is 0. The molecule has 3 nitrogen and oxygen atoms in total. The van der Waals surface area contributed by atoms with Gasteiger partial charge in [0, 0.05) is 12.5 Å². The molecular weight excluding hydrogens is 132 g/mol. The lowest BCUT2D eigenvalue weighted by Crippen LogP contribution is -2.14. The van der Waals surface area contributed by atoms with Crippen LogP contribution >= 0.6 is 0 Å². The minimum atomic E-state index is -0.0489. The van der Waals surface area contributed by atoms with Gasteiger partial charge in [-0.3, -0.25) is 0 Å². The topological polar surface area (TPSA) is 49.7 Å². The standard InChI is InChI=1S/C7H14O3/c1-5-6(3-8)2-7(4-9)10-5/h5-9H,2-4H2,1H3/t5?,6?,7-/m0/s1. The van der Waals surface area contributed by atoms with E-state index in [-0.39, 0.29) is 31.3 Å². The van der Waals surface area contributed by atoms with Crippen LogP contribution in [0, 0.1) is 5.92 Å². The smallest absolute Gasteiger partial charge is 0.0814 e. The number of hydrogen-bond acceptors (Lipinski definition) is 3. The molecule has 0 amide bonds. The molecule has 3 heteroatoms. The highest BCUT2D eigenvalue weighted by molar-refractivity contribution is 4.78. The fraction of sp³-hybridized carbons (Fsp3) is 1.00. The molecule has 0 aromatic carbocycles. The van der Waals surface area contributed by atoms with Gasteiger partial charge in [-0.05, 0) is 13.3 Å². The van der Waals surface area contributed by atoms with Crippen LogP contribution in [0.1, 0.15) is 13.3 Å². The molecular formula is C7H14O3. The van der Waals surface area contributed by atoms with Crippen molar-refractivity contribution < 1.29 is 14.9 Å². The Hall–Kier alpha value is -0.120. The second kappa shape index (κ2) is 3.32. The Labute approximate surface area is 60.6 Å². The molecule has 0 spiro atoms. The van der Waals surface area contributed by atoms with Crippen LogP contribution in [0.2, 0.25) is 0 Å². The SMILES string of the molecule is CC1O[C@H](CO)CC1CO. The second-order valence-corrected chi connectivity index (χ2v) is 2.82. The first-order valence-corrected chi connectivity index (χ1v) is 3.65. The molecule has 1 aliphatic rings.